The van der Waals surface area contributed by atoms with Crippen LogP contribution in [0.1, 0.15) is 41.7 Å². The molecule has 0 spiro atoms. The van der Waals surface area contributed by atoms with E-state index in [1.54, 1.807) is 6.92 Å². The molecular formula is C17H27N5O2. The minimum atomic E-state index is -0.0756. The number of anilines is 1. The summed E-state index contributed by atoms with van der Waals surface area (Å²) in [5.41, 5.74) is 6.61. The summed E-state index contributed by atoms with van der Waals surface area (Å²) in [6.07, 6.45) is 5.68. The highest BCUT2D eigenvalue weighted by atomic mass is 16.3. The highest BCUT2D eigenvalue weighted by molar-refractivity contribution is 5.95. The third kappa shape index (κ3) is 3.52. The van der Waals surface area contributed by atoms with E-state index in [0.29, 0.717) is 24.3 Å². The predicted molar refractivity (Wildman–Crippen MR) is 91.5 cm³/mol. The molecule has 1 amide bonds. The van der Waals surface area contributed by atoms with E-state index in [4.69, 9.17) is 5.73 Å². The number of nitrogens with zero attached hydrogens (tertiary/aromatic N) is 4. The van der Waals surface area contributed by atoms with Crippen molar-refractivity contribution in [2.24, 2.45) is 5.41 Å². The topological polar surface area (TPSA) is 95.6 Å². The fourth-order valence-electron chi connectivity index (χ4n) is 3.83. The lowest BCUT2D eigenvalue weighted by atomic mass is 9.78. The molecule has 2 aliphatic rings. The highest BCUT2D eigenvalue weighted by Crippen LogP contribution is 2.33. The monoisotopic (exact) mass is 333 g/mol. The van der Waals surface area contributed by atoms with Crippen molar-refractivity contribution in [1.29, 1.82) is 0 Å². The van der Waals surface area contributed by atoms with Crippen LogP contribution in [0.3, 0.4) is 0 Å². The molecule has 0 aromatic carbocycles. The maximum Gasteiger partial charge on any atom is 0.257 e. The minimum Gasteiger partial charge on any atom is -0.396 e. The Morgan fingerprint density at radius 3 is 2.54 bits per heavy atom. The normalized spacial score (nSPS) is 21.2. The second-order valence-electron chi connectivity index (χ2n) is 7.16. The van der Waals surface area contributed by atoms with E-state index in [1.807, 2.05) is 4.90 Å². The zero-order valence-electron chi connectivity index (χ0n) is 14.4. The van der Waals surface area contributed by atoms with Crippen LogP contribution in [-0.2, 0) is 0 Å². The highest BCUT2D eigenvalue weighted by Gasteiger charge is 2.37. The average molecular weight is 333 g/mol. The first-order valence-corrected chi connectivity index (χ1v) is 8.75. The number of hydrogen-bond donors (Lipinski definition) is 2. The largest absolute Gasteiger partial charge is 0.396 e. The second kappa shape index (κ2) is 7.03. The third-order valence-corrected chi connectivity index (χ3v) is 5.43. The van der Waals surface area contributed by atoms with Crippen molar-refractivity contribution in [2.45, 2.75) is 32.6 Å². The van der Waals surface area contributed by atoms with Crippen LogP contribution in [0.15, 0.2) is 6.20 Å². The molecule has 1 aromatic rings. The van der Waals surface area contributed by atoms with E-state index >= 15 is 0 Å². The molecule has 3 N–H and O–H groups in total. The van der Waals surface area contributed by atoms with Gasteiger partial charge < -0.3 is 20.6 Å². The van der Waals surface area contributed by atoms with E-state index in [9.17, 15) is 9.90 Å². The molecule has 2 saturated heterocycles. The van der Waals surface area contributed by atoms with E-state index in [-0.39, 0.29) is 23.9 Å². The summed E-state index contributed by atoms with van der Waals surface area (Å²) in [6.45, 7) is 6.50. The van der Waals surface area contributed by atoms with Crippen molar-refractivity contribution in [3.63, 3.8) is 0 Å². The number of nitrogens with two attached hydrogens (primary N) is 1. The molecule has 0 aliphatic carbocycles. The lowest BCUT2D eigenvalue weighted by Gasteiger charge is -2.42. The van der Waals surface area contributed by atoms with Gasteiger partial charge in [-0.1, -0.05) is 0 Å². The van der Waals surface area contributed by atoms with Crippen LogP contribution in [-0.4, -0.2) is 70.1 Å². The van der Waals surface area contributed by atoms with Gasteiger partial charge in [0.2, 0.25) is 5.95 Å². The van der Waals surface area contributed by atoms with Gasteiger partial charge in [-0.25, -0.2) is 9.97 Å². The van der Waals surface area contributed by atoms with Crippen LogP contribution in [0.5, 0.6) is 0 Å². The number of hydrogen-bond acceptors (Lipinski definition) is 6. The van der Waals surface area contributed by atoms with Gasteiger partial charge in [-0.05, 0) is 45.7 Å². The predicted octanol–water partition coefficient (Wildman–Crippen LogP) is 0.678. The van der Waals surface area contributed by atoms with Gasteiger partial charge in [0.25, 0.3) is 5.91 Å². The van der Waals surface area contributed by atoms with Gasteiger partial charge in [0.05, 0.1) is 17.9 Å². The molecule has 132 valence electrons. The van der Waals surface area contributed by atoms with Crippen molar-refractivity contribution >= 4 is 11.9 Å². The summed E-state index contributed by atoms with van der Waals surface area (Å²) < 4.78 is 0. The Balaban J connectivity index is 1.63. The number of carbonyl (C=O) groups is 1. The summed E-state index contributed by atoms with van der Waals surface area (Å²) in [4.78, 5) is 25.0. The fourth-order valence-corrected chi connectivity index (χ4v) is 3.83. The summed E-state index contributed by atoms with van der Waals surface area (Å²) >= 11 is 0. The molecule has 0 bridgehead atoms. The first-order valence-electron chi connectivity index (χ1n) is 8.75. The number of piperidine rings is 1. The van der Waals surface area contributed by atoms with Gasteiger partial charge in [-0.15, -0.1) is 0 Å². The number of rotatable bonds is 4. The Kier molecular flexibility index (Phi) is 5.01. The molecule has 24 heavy (non-hydrogen) atoms. The Bertz CT molecular complexity index is 593. The molecule has 7 nitrogen and oxygen atoms in total. The number of aliphatic hydroxyl groups excluding tert-OH is 1. The Labute approximate surface area is 142 Å². The summed E-state index contributed by atoms with van der Waals surface area (Å²) in [6, 6.07) is 0. The zero-order chi connectivity index (χ0) is 17.2. The van der Waals surface area contributed by atoms with Gasteiger partial charge in [0.1, 0.15) is 0 Å². The van der Waals surface area contributed by atoms with Gasteiger partial charge in [-0.2, -0.15) is 0 Å². The molecule has 3 rings (SSSR count). The smallest absolute Gasteiger partial charge is 0.257 e. The first kappa shape index (κ1) is 17.1. The maximum atomic E-state index is 12.7. The van der Waals surface area contributed by atoms with Gasteiger partial charge in [-0.3, -0.25) is 4.79 Å². The van der Waals surface area contributed by atoms with Crippen LogP contribution in [0, 0.1) is 12.3 Å². The Hall–Kier alpha value is -1.73. The molecule has 0 saturated carbocycles. The molecule has 7 heteroatoms. The average Bonchev–Trinajstić information content (AvgIpc) is 3.08. The quantitative estimate of drug-likeness (QED) is 0.841. The van der Waals surface area contributed by atoms with Crippen LogP contribution in [0.25, 0.3) is 0 Å². The lowest BCUT2D eigenvalue weighted by Crippen LogP contribution is -2.49. The SMILES string of the molecule is Cc1nc(N)ncc1C(=O)N1CCC(CO)(CN2CCCC2)CC1. The number of aromatic nitrogens is 2. The number of aryl methyl sites for hydroxylation is 1. The standard InChI is InChI=1S/C17H27N5O2/c1-13-14(10-19-16(18)20-13)15(24)22-8-4-17(12-23,5-9-22)11-21-6-2-3-7-21/h10,23H,2-9,11-12H2,1H3,(H2,18,19,20). The molecule has 1 aromatic heterocycles. The molecule has 0 atom stereocenters. The Morgan fingerprint density at radius 2 is 1.96 bits per heavy atom. The molecule has 2 fully saturated rings. The fraction of sp³-hybridized carbons (Fsp3) is 0.706. The van der Waals surface area contributed by atoms with Crippen molar-refractivity contribution in [3.05, 3.63) is 17.5 Å². The van der Waals surface area contributed by atoms with E-state index < -0.39 is 0 Å². The van der Waals surface area contributed by atoms with Crippen LogP contribution < -0.4 is 5.73 Å². The van der Waals surface area contributed by atoms with Crippen LogP contribution in [0.4, 0.5) is 5.95 Å². The number of likely N-dealkylation sites (tertiary alicyclic amines) is 2. The summed E-state index contributed by atoms with van der Waals surface area (Å²) in [5.74, 6) is 0.146. The van der Waals surface area contributed by atoms with Crippen molar-refractivity contribution < 1.29 is 9.90 Å². The van der Waals surface area contributed by atoms with Gasteiger partial charge in [0.15, 0.2) is 0 Å². The molecule has 3 heterocycles. The molecular weight excluding hydrogens is 306 g/mol. The molecule has 0 radical (unpaired) electrons. The van der Waals surface area contributed by atoms with Crippen LogP contribution >= 0.6 is 0 Å². The van der Waals surface area contributed by atoms with Gasteiger partial charge in [0, 0.05) is 31.2 Å². The second-order valence-corrected chi connectivity index (χ2v) is 7.16. The number of nitrogen functional groups attached to an aromatic ring is 1. The van der Waals surface area contributed by atoms with E-state index in [1.165, 1.54) is 19.0 Å². The van der Waals surface area contributed by atoms with Crippen molar-refractivity contribution in [1.82, 2.24) is 19.8 Å². The summed E-state index contributed by atoms with van der Waals surface area (Å²) in [7, 11) is 0. The molecule has 0 unspecified atom stereocenters. The third-order valence-electron chi connectivity index (χ3n) is 5.43. The number of aliphatic hydroxyl groups is 1. The van der Waals surface area contributed by atoms with E-state index in [0.717, 1.165) is 32.5 Å². The lowest BCUT2D eigenvalue weighted by molar-refractivity contribution is 0.0178. The molecule has 2 aliphatic heterocycles. The van der Waals surface area contributed by atoms with Gasteiger partial charge >= 0.3 is 0 Å². The van der Waals surface area contributed by atoms with Crippen molar-refractivity contribution in [2.75, 3.05) is 45.1 Å². The zero-order valence-corrected chi connectivity index (χ0v) is 14.4. The summed E-state index contributed by atoms with van der Waals surface area (Å²) in [5, 5.41) is 9.95. The Morgan fingerprint density at radius 1 is 1.29 bits per heavy atom. The van der Waals surface area contributed by atoms with E-state index in [2.05, 4.69) is 14.9 Å². The van der Waals surface area contributed by atoms with Crippen LogP contribution in [0.2, 0.25) is 0 Å². The minimum absolute atomic E-state index is 0.0415. The number of amides is 1. The number of carbonyl (C=O) groups excluding carboxylic acids is 1. The van der Waals surface area contributed by atoms with Crippen molar-refractivity contribution in [3.8, 4) is 0 Å². The maximum absolute atomic E-state index is 12.7. The first-order chi connectivity index (χ1) is 11.5.